The molecule has 0 aliphatic heterocycles. The zero-order valence-corrected chi connectivity index (χ0v) is 15.3. The number of aryl methyl sites for hydroxylation is 2. The van der Waals surface area contributed by atoms with Crippen molar-refractivity contribution < 1.29 is 4.79 Å². The normalized spacial score (nSPS) is 11.2. The Morgan fingerprint density at radius 2 is 1.80 bits per heavy atom. The average molecular weight is 356 g/mol. The molecule has 0 saturated heterocycles. The fraction of sp³-hybridized carbons (Fsp3) is 0.300. The lowest BCUT2D eigenvalue weighted by Crippen LogP contribution is -2.27. The van der Waals surface area contributed by atoms with E-state index in [9.17, 15) is 4.79 Å². The smallest absolute Gasteiger partial charge is 0.203 e. The number of aromatic nitrogens is 2. The van der Waals surface area contributed by atoms with Crippen molar-refractivity contribution in [2.75, 3.05) is 0 Å². The molecule has 130 valence electrons. The predicted molar refractivity (Wildman–Crippen MR) is 101 cm³/mol. The van der Waals surface area contributed by atoms with Crippen LogP contribution in [0, 0.1) is 5.41 Å². The molecule has 0 radical (unpaired) electrons. The number of hydrogen-bond acceptors (Lipinski definition) is 2. The lowest BCUT2D eigenvalue weighted by atomic mass is 10.1. The van der Waals surface area contributed by atoms with Crippen LogP contribution in [0.3, 0.4) is 0 Å². The Labute approximate surface area is 152 Å². The van der Waals surface area contributed by atoms with Crippen molar-refractivity contribution >= 4 is 28.4 Å². The summed E-state index contributed by atoms with van der Waals surface area (Å²) in [4.78, 5) is 12.7. The van der Waals surface area contributed by atoms with Gasteiger partial charge in [0.2, 0.25) is 5.62 Å². The monoisotopic (exact) mass is 355 g/mol. The summed E-state index contributed by atoms with van der Waals surface area (Å²) in [5.41, 5.74) is 4.21. The lowest BCUT2D eigenvalue weighted by molar-refractivity contribution is 0.0971. The van der Waals surface area contributed by atoms with Gasteiger partial charge in [-0.05, 0) is 48.7 Å². The minimum absolute atomic E-state index is 0.0207. The van der Waals surface area contributed by atoms with Crippen molar-refractivity contribution in [3.8, 4) is 0 Å². The summed E-state index contributed by atoms with van der Waals surface area (Å²) in [7, 11) is 0. The number of ketones is 1. The first-order chi connectivity index (χ1) is 12.1. The number of carbonyl (C=O) groups excluding carboxylic acids is 1. The van der Waals surface area contributed by atoms with Crippen LogP contribution in [-0.4, -0.2) is 14.9 Å². The van der Waals surface area contributed by atoms with Crippen LogP contribution in [0.2, 0.25) is 5.02 Å². The largest absolute Gasteiger partial charge is 0.310 e. The number of hydrogen-bond donors (Lipinski definition) is 1. The quantitative estimate of drug-likeness (QED) is 0.653. The molecule has 0 fully saturated rings. The van der Waals surface area contributed by atoms with E-state index in [1.807, 2.05) is 16.7 Å². The Bertz CT molecular complexity index is 967. The number of nitrogens with one attached hydrogen (secondary N) is 1. The van der Waals surface area contributed by atoms with E-state index in [1.54, 1.807) is 28.8 Å². The Morgan fingerprint density at radius 3 is 2.44 bits per heavy atom. The number of imidazole rings is 1. The summed E-state index contributed by atoms with van der Waals surface area (Å²) in [5, 5.41) is 9.20. The standard InChI is InChI=1S/C20H22ClN3O/c1-3-12-23-19-14(4-2)6-5-7-17(19)24(20(23)22)13-18(25)15-8-10-16(21)11-9-15/h5-11,22H,3-4,12-13H2,1-2H3. The Hall–Kier alpha value is -2.33. The van der Waals surface area contributed by atoms with Crippen molar-refractivity contribution in [1.29, 1.82) is 5.41 Å². The van der Waals surface area contributed by atoms with Crippen molar-refractivity contribution in [2.45, 2.75) is 39.8 Å². The van der Waals surface area contributed by atoms with E-state index >= 15 is 0 Å². The van der Waals surface area contributed by atoms with Crippen LogP contribution in [0.5, 0.6) is 0 Å². The number of benzene rings is 2. The second-order valence-electron chi connectivity index (χ2n) is 6.13. The predicted octanol–water partition coefficient (Wildman–Crippen LogP) is 4.43. The van der Waals surface area contributed by atoms with E-state index in [2.05, 4.69) is 19.9 Å². The van der Waals surface area contributed by atoms with E-state index in [1.165, 1.54) is 5.56 Å². The van der Waals surface area contributed by atoms with Gasteiger partial charge in [-0.3, -0.25) is 10.2 Å². The van der Waals surface area contributed by atoms with E-state index in [0.29, 0.717) is 16.2 Å². The third-order valence-corrected chi connectivity index (χ3v) is 4.72. The zero-order chi connectivity index (χ0) is 18.0. The maximum Gasteiger partial charge on any atom is 0.203 e. The number of rotatable bonds is 6. The molecule has 0 saturated carbocycles. The van der Waals surface area contributed by atoms with E-state index < -0.39 is 0 Å². The topological polar surface area (TPSA) is 50.8 Å². The van der Waals surface area contributed by atoms with Gasteiger partial charge in [0.25, 0.3) is 0 Å². The summed E-state index contributed by atoms with van der Waals surface area (Å²) in [5.74, 6) is -0.0207. The van der Waals surface area contributed by atoms with Gasteiger partial charge in [-0.25, -0.2) is 0 Å². The molecule has 25 heavy (non-hydrogen) atoms. The third kappa shape index (κ3) is 3.27. The first-order valence-electron chi connectivity index (χ1n) is 8.61. The molecule has 1 aromatic heterocycles. The fourth-order valence-corrected chi connectivity index (χ4v) is 3.36. The van der Waals surface area contributed by atoms with Crippen LogP contribution in [0.1, 0.15) is 36.2 Å². The Morgan fingerprint density at radius 1 is 1.08 bits per heavy atom. The van der Waals surface area contributed by atoms with Crippen molar-refractivity contribution in [3.63, 3.8) is 0 Å². The molecule has 0 aliphatic rings. The van der Waals surface area contributed by atoms with Crippen LogP contribution in [0.4, 0.5) is 0 Å². The van der Waals surface area contributed by atoms with Crippen molar-refractivity contribution in [3.05, 3.63) is 64.2 Å². The van der Waals surface area contributed by atoms with Gasteiger partial charge >= 0.3 is 0 Å². The van der Waals surface area contributed by atoms with E-state index in [0.717, 1.165) is 30.4 Å². The highest BCUT2D eigenvalue weighted by Crippen LogP contribution is 2.20. The molecule has 0 spiro atoms. The highest BCUT2D eigenvalue weighted by atomic mass is 35.5. The van der Waals surface area contributed by atoms with Crippen molar-refractivity contribution in [1.82, 2.24) is 9.13 Å². The maximum absolute atomic E-state index is 12.7. The maximum atomic E-state index is 12.7. The fourth-order valence-electron chi connectivity index (χ4n) is 3.23. The highest BCUT2D eigenvalue weighted by molar-refractivity contribution is 6.30. The molecule has 5 heteroatoms. The van der Waals surface area contributed by atoms with Crippen LogP contribution in [0.25, 0.3) is 11.0 Å². The highest BCUT2D eigenvalue weighted by Gasteiger charge is 2.16. The SMILES string of the molecule is CCCn1c(=N)n(CC(=O)c2ccc(Cl)cc2)c2cccc(CC)c21. The van der Waals surface area contributed by atoms with Crippen LogP contribution < -0.4 is 5.62 Å². The molecule has 0 aliphatic carbocycles. The second kappa shape index (κ2) is 7.28. The molecule has 0 unspecified atom stereocenters. The van der Waals surface area contributed by atoms with Gasteiger partial charge in [0, 0.05) is 17.1 Å². The Kier molecular flexibility index (Phi) is 5.09. The van der Waals surface area contributed by atoms with Gasteiger partial charge in [-0.2, -0.15) is 0 Å². The van der Waals surface area contributed by atoms with Gasteiger partial charge in [0.1, 0.15) is 0 Å². The van der Waals surface area contributed by atoms with Gasteiger partial charge in [0.05, 0.1) is 17.6 Å². The summed E-state index contributed by atoms with van der Waals surface area (Å²) >= 11 is 5.90. The summed E-state index contributed by atoms with van der Waals surface area (Å²) in [6.45, 7) is 5.14. The molecule has 3 rings (SSSR count). The molecule has 2 aromatic carbocycles. The number of para-hydroxylation sites is 1. The first kappa shape index (κ1) is 17.5. The van der Waals surface area contributed by atoms with E-state index in [4.69, 9.17) is 17.0 Å². The molecular weight excluding hydrogens is 334 g/mol. The lowest BCUT2D eigenvalue weighted by Gasteiger charge is -2.05. The average Bonchev–Trinajstić information content (AvgIpc) is 2.88. The first-order valence-corrected chi connectivity index (χ1v) is 8.98. The number of Topliss-reactive ketones (excluding diaryl/α,β-unsaturated/α-hetero) is 1. The molecule has 0 atom stereocenters. The molecule has 1 heterocycles. The van der Waals surface area contributed by atoms with Gasteiger partial charge in [0.15, 0.2) is 5.78 Å². The number of fused-ring (bicyclic) bond motifs is 1. The molecule has 0 bridgehead atoms. The minimum Gasteiger partial charge on any atom is -0.310 e. The molecule has 1 N–H and O–H groups in total. The van der Waals surface area contributed by atoms with Crippen LogP contribution in [0.15, 0.2) is 42.5 Å². The number of halogens is 1. The molecular formula is C20H22ClN3O. The van der Waals surface area contributed by atoms with Crippen LogP contribution >= 0.6 is 11.6 Å². The number of nitrogens with zero attached hydrogens (tertiary/aromatic N) is 2. The summed E-state index contributed by atoms with van der Waals surface area (Å²) in [6.07, 6.45) is 1.84. The number of carbonyl (C=O) groups is 1. The van der Waals surface area contributed by atoms with Gasteiger partial charge in [-0.15, -0.1) is 0 Å². The molecule has 0 amide bonds. The Balaban J connectivity index is 2.10. The summed E-state index contributed by atoms with van der Waals surface area (Å²) in [6, 6.07) is 13.0. The van der Waals surface area contributed by atoms with Gasteiger partial charge in [-0.1, -0.05) is 37.6 Å². The van der Waals surface area contributed by atoms with Crippen LogP contribution in [-0.2, 0) is 19.5 Å². The third-order valence-electron chi connectivity index (χ3n) is 4.47. The minimum atomic E-state index is -0.0207. The van der Waals surface area contributed by atoms with Gasteiger partial charge < -0.3 is 9.13 Å². The summed E-state index contributed by atoms with van der Waals surface area (Å²) < 4.78 is 3.82. The molecule has 4 nitrogen and oxygen atoms in total. The molecule has 3 aromatic rings. The zero-order valence-electron chi connectivity index (χ0n) is 14.6. The van der Waals surface area contributed by atoms with E-state index in [-0.39, 0.29) is 12.3 Å². The van der Waals surface area contributed by atoms with Crippen molar-refractivity contribution in [2.24, 2.45) is 0 Å². The second-order valence-corrected chi connectivity index (χ2v) is 6.57.